The standard InChI is InChI=1S/C7H8FNO4S2/c1-14(10,11)6-2-4-7(5-3-6)15(12,13)9-8/h2-5,9H,1H3. The molecule has 0 saturated carbocycles. The van der Waals surface area contributed by atoms with E-state index in [1.165, 1.54) is 0 Å². The summed E-state index contributed by atoms with van der Waals surface area (Å²) < 4.78 is 55.7. The Labute approximate surface area is 86.8 Å². The van der Waals surface area contributed by atoms with Crippen LogP contribution in [0.5, 0.6) is 0 Å². The van der Waals surface area contributed by atoms with E-state index in [9.17, 15) is 21.3 Å². The lowest BCUT2D eigenvalue weighted by Gasteiger charge is -2.01. The smallest absolute Gasteiger partial charge is 0.224 e. The van der Waals surface area contributed by atoms with Gasteiger partial charge in [-0.2, -0.15) is 0 Å². The highest BCUT2D eigenvalue weighted by molar-refractivity contribution is 7.90. The highest BCUT2D eigenvalue weighted by Gasteiger charge is 2.14. The van der Waals surface area contributed by atoms with Crippen LogP contribution in [0.3, 0.4) is 0 Å². The Morgan fingerprint density at radius 3 is 1.73 bits per heavy atom. The second-order valence-corrected chi connectivity index (χ2v) is 6.47. The van der Waals surface area contributed by atoms with E-state index in [2.05, 4.69) is 0 Å². The first-order chi connectivity index (χ1) is 6.77. The predicted molar refractivity (Wildman–Crippen MR) is 51.0 cm³/mol. The summed E-state index contributed by atoms with van der Waals surface area (Å²) >= 11 is 0. The third-order valence-corrected chi connectivity index (χ3v) is 3.89. The van der Waals surface area contributed by atoms with Crippen LogP contribution >= 0.6 is 0 Å². The molecule has 8 heteroatoms. The van der Waals surface area contributed by atoms with E-state index in [0.29, 0.717) is 4.94 Å². The van der Waals surface area contributed by atoms with Crippen molar-refractivity contribution in [2.75, 3.05) is 6.26 Å². The normalized spacial score (nSPS) is 12.7. The van der Waals surface area contributed by atoms with E-state index >= 15 is 0 Å². The molecule has 0 amide bonds. The van der Waals surface area contributed by atoms with Crippen LogP contribution in [0.2, 0.25) is 0 Å². The van der Waals surface area contributed by atoms with Crippen molar-refractivity contribution in [2.45, 2.75) is 9.79 Å². The largest absolute Gasteiger partial charge is 0.266 e. The lowest BCUT2D eigenvalue weighted by atomic mass is 10.4. The summed E-state index contributed by atoms with van der Waals surface area (Å²) in [5.74, 6) is 0. The van der Waals surface area contributed by atoms with E-state index in [4.69, 9.17) is 0 Å². The number of nitrogens with one attached hydrogen (secondary N) is 1. The fourth-order valence-corrected chi connectivity index (χ4v) is 2.12. The maximum Gasteiger partial charge on any atom is 0.266 e. The summed E-state index contributed by atoms with van der Waals surface area (Å²) in [6, 6.07) is 4.22. The summed E-state index contributed by atoms with van der Waals surface area (Å²) in [7, 11) is -7.55. The van der Waals surface area contributed by atoms with Gasteiger partial charge < -0.3 is 0 Å². The quantitative estimate of drug-likeness (QED) is 0.783. The van der Waals surface area contributed by atoms with E-state index in [1.54, 1.807) is 0 Å². The van der Waals surface area contributed by atoms with Gasteiger partial charge in [0.25, 0.3) is 10.0 Å². The minimum absolute atomic E-state index is 0.0275. The summed E-state index contributed by atoms with van der Waals surface area (Å²) in [6.45, 7) is 0. The monoisotopic (exact) mass is 253 g/mol. The molecule has 1 rings (SSSR count). The number of sulfone groups is 1. The van der Waals surface area contributed by atoms with E-state index in [0.717, 1.165) is 30.5 Å². The maximum absolute atomic E-state index is 11.8. The van der Waals surface area contributed by atoms with E-state index < -0.39 is 19.9 Å². The van der Waals surface area contributed by atoms with Gasteiger partial charge >= 0.3 is 0 Å². The predicted octanol–water partition coefficient (Wildman–Crippen LogP) is 0.253. The van der Waals surface area contributed by atoms with Crippen molar-refractivity contribution in [3.63, 3.8) is 0 Å². The second-order valence-electron chi connectivity index (χ2n) is 2.82. The molecule has 0 aliphatic carbocycles. The van der Waals surface area contributed by atoms with Crippen molar-refractivity contribution < 1.29 is 21.3 Å². The third-order valence-electron chi connectivity index (χ3n) is 1.66. The minimum Gasteiger partial charge on any atom is -0.224 e. The summed E-state index contributed by atoms with van der Waals surface area (Å²) in [6.07, 6.45) is 0.990. The number of hydrogen-bond acceptors (Lipinski definition) is 4. The average Bonchev–Trinajstić information content (AvgIpc) is 2.17. The summed E-state index contributed by atoms with van der Waals surface area (Å²) in [5, 5.41) is 0. The van der Waals surface area contributed by atoms with E-state index in [1.807, 2.05) is 0 Å². The third kappa shape index (κ3) is 2.74. The molecule has 1 aromatic rings. The first kappa shape index (κ1) is 12.1. The molecular formula is C7H8FNO4S2. The number of benzene rings is 1. The molecule has 0 aromatic heterocycles. The highest BCUT2D eigenvalue weighted by Crippen LogP contribution is 2.13. The van der Waals surface area contributed by atoms with Crippen LogP contribution in [0.15, 0.2) is 34.1 Å². The van der Waals surface area contributed by atoms with Crippen LogP contribution in [-0.2, 0) is 19.9 Å². The van der Waals surface area contributed by atoms with Crippen molar-refractivity contribution in [2.24, 2.45) is 0 Å². The Morgan fingerprint density at radius 2 is 1.40 bits per heavy atom. The molecule has 0 atom stereocenters. The Kier molecular flexibility index (Phi) is 3.12. The molecule has 0 spiro atoms. The summed E-state index contributed by atoms with van der Waals surface area (Å²) in [4.78, 5) is 0.275. The molecular weight excluding hydrogens is 245 g/mol. The van der Waals surface area contributed by atoms with Crippen molar-refractivity contribution in [1.82, 2.24) is 4.94 Å². The molecule has 1 aromatic carbocycles. The maximum atomic E-state index is 11.8. The van der Waals surface area contributed by atoms with Gasteiger partial charge in [-0.1, -0.05) is 0 Å². The second kappa shape index (κ2) is 3.87. The van der Waals surface area contributed by atoms with E-state index in [-0.39, 0.29) is 9.79 Å². The molecule has 5 nitrogen and oxygen atoms in total. The lowest BCUT2D eigenvalue weighted by Crippen LogP contribution is -2.14. The zero-order valence-electron chi connectivity index (χ0n) is 7.64. The molecule has 1 N–H and O–H groups in total. The fourth-order valence-electron chi connectivity index (χ4n) is 0.911. The van der Waals surface area contributed by atoms with Crippen LogP contribution < -0.4 is 4.94 Å². The zero-order chi connectivity index (χ0) is 11.7. The number of halogens is 1. The molecule has 84 valence electrons. The van der Waals surface area contributed by atoms with Crippen LogP contribution in [0.4, 0.5) is 4.48 Å². The van der Waals surface area contributed by atoms with Gasteiger partial charge in [0.2, 0.25) is 0 Å². The van der Waals surface area contributed by atoms with Crippen molar-refractivity contribution in [3.8, 4) is 0 Å². The Balaban J connectivity index is 3.24. The molecule has 0 unspecified atom stereocenters. The zero-order valence-corrected chi connectivity index (χ0v) is 9.27. The van der Waals surface area contributed by atoms with Gasteiger partial charge in [-0.05, 0) is 29.2 Å². The van der Waals surface area contributed by atoms with Gasteiger partial charge in [-0.15, -0.1) is 4.48 Å². The average molecular weight is 253 g/mol. The highest BCUT2D eigenvalue weighted by atomic mass is 32.2. The SMILES string of the molecule is CS(=O)(=O)c1ccc(S(=O)(=O)NF)cc1. The van der Waals surface area contributed by atoms with Gasteiger partial charge in [0.1, 0.15) is 0 Å². The minimum atomic E-state index is -4.17. The molecule has 0 radical (unpaired) electrons. The van der Waals surface area contributed by atoms with Crippen LogP contribution in [-0.4, -0.2) is 23.1 Å². The van der Waals surface area contributed by atoms with Gasteiger partial charge in [0.05, 0.1) is 9.79 Å². The Bertz CT molecular complexity index is 547. The van der Waals surface area contributed by atoms with Crippen LogP contribution in [0, 0.1) is 0 Å². The number of sulfonamides is 1. The van der Waals surface area contributed by atoms with Crippen molar-refractivity contribution in [3.05, 3.63) is 24.3 Å². The first-order valence-corrected chi connectivity index (χ1v) is 7.07. The fraction of sp³-hybridized carbons (Fsp3) is 0.143. The number of hydrogen-bond donors (Lipinski definition) is 1. The van der Waals surface area contributed by atoms with Gasteiger partial charge in [-0.25, -0.2) is 16.8 Å². The molecule has 0 bridgehead atoms. The summed E-state index contributed by atoms with van der Waals surface area (Å²) in [5.41, 5.74) is 0. The van der Waals surface area contributed by atoms with Crippen molar-refractivity contribution in [1.29, 1.82) is 0 Å². The Hall–Kier alpha value is -0.990. The molecule has 0 aliphatic rings. The first-order valence-electron chi connectivity index (χ1n) is 3.70. The molecule has 0 saturated heterocycles. The van der Waals surface area contributed by atoms with Crippen LogP contribution in [0.1, 0.15) is 0 Å². The Morgan fingerprint density at radius 1 is 1.00 bits per heavy atom. The lowest BCUT2D eigenvalue weighted by molar-refractivity contribution is 0.425. The van der Waals surface area contributed by atoms with Gasteiger partial charge in [0, 0.05) is 6.26 Å². The molecule has 0 aliphatic heterocycles. The topological polar surface area (TPSA) is 80.3 Å². The van der Waals surface area contributed by atoms with Gasteiger partial charge in [-0.3, -0.25) is 0 Å². The number of rotatable bonds is 3. The molecule has 0 heterocycles. The molecule has 0 fully saturated rings. The van der Waals surface area contributed by atoms with Crippen molar-refractivity contribution >= 4 is 19.9 Å². The molecule has 15 heavy (non-hydrogen) atoms. The van der Waals surface area contributed by atoms with Gasteiger partial charge in [0.15, 0.2) is 9.84 Å². The van der Waals surface area contributed by atoms with Crippen LogP contribution in [0.25, 0.3) is 0 Å².